The van der Waals surface area contributed by atoms with Crippen LogP contribution in [-0.4, -0.2) is 22.8 Å². The second-order valence-corrected chi connectivity index (χ2v) is 7.43. The van der Waals surface area contributed by atoms with Crippen LogP contribution in [0.25, 0.3) is 0 Å². The second kappa shape index (κ2) is 6.03. The predicted octanol–water partition coefficient (Wildman–Crippen LogP) is 4.04. The number of aromatic hydroxyl groups is 2. The quantitative estimate of drug-likeness (QED) is 0.502. The molecule has 0 spiro atoms. The molecule has 1 rings (SSSR count). The average Bonchev–Trinajstić information content (AvgIpc) is 2.34. The lowest BCUT2D eigenvalue weighted by Gasteiger charge is -2.29. The Hall–Kier alpha value is -1.97. The Morgan fingerprint density at radius 3 is 2.14 bits per heavy atom. The van der Waals surface area contributed by atoms with Crippen LogP contribution in [0.2, 0.25) is 0 Å². The van der Waals surface area contributed by atoms with Crippen molar-refractivity contribution in [2.45, 2.75) is 52.4 Å². The molecule has 1 aromatic rings. The van der Waals surface area contributed by atoms with E-state index >= 15 is 0 Å². The van der Waals surface area contributed by atoms with Gasteiger partial charge in [0.05, 0.1) is 0 Å². The van der Waals surface area contributed by atoms with Crippen molar-refractivity contribution in [2.24, 2.45) is 0 Å². The van der Waals surface area contributed by atoms with E-state index in [1.54, 1.807) is 0 Å². The van der Waals surface area contributed by atoms with Crippen molar-refractivity contribution in [1.29, 1.82) is 0 Å². The van der Waals surface area contributed by atoms with Crippen molar-refractivity contribution in [2.75, 3.05) is 6.61 Å². The molecule has 0 saturated carbocycles. The number of hydrogen-bond donors (Lipinski definition) is 2. The SMILES string of the molecule is C=CCOC(=O)c1c(O)cc(C(C)(C)C)c(O)c1C(C)(C)C. The first-order valence-corrected chi connectivity index (χ1v) is 7.29. The van der Waals surface area contributed by atoms with Gasteiger partial charge in [0.1, 0.15) is 23.7 Å². The minimum Gasteiger partial charge on any atom is -0.507 e. The van der Waals surface area contributed by atoms with Crippen LogP contribution in [0.1, 0.15) is 63.0 Å². The molecule has 0 radical (unpaired) electrons. The average molecular weight is 306 g/mol. The van der Waals surface area contributed by atoms with Crippen LogP contribution in [0, 0.1) is 0 Å². The zero-order valence-corrected chi connectivity index (χ0v) is 14.3. The first-order valence-electron chi connectivity index (χ1n) is 7.29. The zero-order valence-electron chi connectivity index (χ0n) is 14.3. The molecule has 0 heterocycles. The summed E-state index contributed by atoms with van der Waals surface area (Å²) in [7, 11) is 0. The van der Waals surface area contributed by atoms with Gasteiger partial charge in [-0.15, -0.1) is 0 Å². The summed E-state index contributed by atoms with van der Waals surface area (Å²) in [5.41, 5.74) is 0.0951. The molecular weight excluding hydrogens is 280 g/mol. The molecule has 0 aliphatic rings. The molecule has 4 heteroatoms. The molecule has 4 nitrogen and oxygen atoms in total. The van der Waals surface area contributed by atoms with Crippen LogP contribution < -0.4 is 0 Å². The standard InChI is InChI=1S/C18H26O4/c1-8-9-22-16(21)13-12(19)10-11(17(2,3)4)15(20)14(13)18(5,6)7/h8,10,19-20H,1,9H2,2-7H3. The monoisotopic (exact) mass is 306 g/mol. The number of carbonyl (C=O) groups excluding carboxylic acids is 1. The fraction of sp³-hybridized carbons (Fsp3) is 0.500. The third-order valence-electron chi connectivity index (χ3n) is 3.37. The Morgan fingerprint density at radius 1 is 1.18 bits per heavy atom. The number of hydrogen-bond acceptors (Lipinski definition) is 4. The highest BCUT2D eigenvalue weighted by Crippen LogP contribution is 2.44. The van der Waals surface area contributed by atoms with E-state index in [1.807, 2.05) is 41.5 Å². The maximum atomic E-state index is 12.3. The first kappa shape index (κ1) is 18.1. The molecule has 0 fully saturated rings. The Bertz CT molecular complexity index is 587. The van der Waals surface area contributed by atoms with Crippen molar-refractivity contribution in [3.8, 4) is 11.5 Å². The molecule has 0 saturated heterocycles. The maximum absolute atomic E-state index is 12.3. The van der Waals surface area contributed by atoms with Gasteiger partial charge in [0.25, 0.3) is 0 Å². The van der Waals surface area contributed by atoms with Crippen molar-refractivity contribution in [3.05, 3.63) is 35.4 Å². The van der Waals surface area contributed by atoms with Crippen LogP contribution in [-0.2, 0) is 15.6 Å². The summed E-state index contributed by atoms with van der Waals surface area (Å²) in [5.74, 6) is -0.817. The molecule has 0 bridgehead atoms. The highest BCUT2D eigenvalue weighted by atomic mass is 16.5. The fourth-order valence-electron chi connectivity index (χ4n) is 2.37. The highest BCUT2D eigenvalue weighted by molar-refractivity contribution is 5.96. The van der Waals surface area contributed by atoms with Gasteiger partial charge in [-0.1, -0.05) is 54.2 Å². The number of phenols is 2. The topological polar surface area (TPSA) is 66.8 Å². The Labute approximate surface area is 132 Å². The van der Waals surface area contributed by atoms with E-state index in [4.69, 9.17) is 4.74 Å². The molecule has 0 atom stereocenters. The van der Waals surface area contributed by atoms with Gasteiger partial charge in [-0.3, -0.25) is 0 Å². The minimum absolute atomic E-state index is 0.0138. The Kier molecular flexibility index (Phi) is 4.96. The van der Waals surface area contributed by atoms with Crippen molar-refractivity contribution in [3.63, 3.8) is 0 Å². The summed E-state index contributed by atoms with van der Waals surface area (Å²) < 4.78 is 5.05. The van der Waals surface area contributed by atoms with Crippen LogP contribution >= 0.6 is 0 Å². The van der Waals surface area contributed by atoms with Crippen LogP contribution in [0.5, 0.6) is 11.5 Å². The van der Waals surface area contributed by atoms with Gasteiger partial charge in [0.15, 0.2) is 0 Å². The van der Waals surface area contributed by atoms with Gasteiger partial charge in [-0.05, 0) is 16.9 Å². The number of phenolic OH excluding ortho intramolecular Hbond substituents is 2. The van der Waals surface area contributed by atoms with E-state index < -0.39 is 11.4 Å². The number of esters is 1. The number of benzene rings is 1. The Balaban J connectivity index is 3.68. The summed E-state index contributed by atoms with van der Waals surface area (Å²) in [6.07, 6.45) is 1.45. The van der Waals surface area contributed by atoms with Crippen molar-refractivity contribution >= 4 is 5.97 Å². The van der Waals surface area contributed by atoms with Crippen molar-refractivity contribution < 1.29 is 19.7 Å². The second-order valence-electron chi connectivity index (χ2n) is 7.43. The lowest BCUT2D eigenvalue weighted by molar-refractivity contribution is 0.0542. The smallest absolute Gasteiger partial charge is 0.342 e. The summed E-state index contributed by atoms with van der Waals surface area (Å²) in [5, 5.41) is 21.1. The van der Waals surface area contributed by atoms with Crippen LogP contribution in [0.15, 0.2) is 18.7 Å². The fourth-order valence-corrected chi connectivity index (χ4v) is 2.37. The number of carbonyl (C=O) groups is 1. The van der Waals surface area contributed by atoms with Gasteiger partial charge < -0.3 is 14.9 Å². The van der Waals surface area contributed by atoms with E-state index in [0.717, 1.165) is 0 Å². The lowest BCUT2D eigenvalue weighted by Crippen LogP contribution is -2.22. The normalized spacial score (nSPS) is 12.1. The lowest BCUT2D eigenvalue weighted by atomic mass is 9.77. The van der Waals surface area contributed by atoms with Gasteiger partial charge in [0.2, 0.25) is 0 Å². The molecule has 0 amide bonds. The van der Waals surface area contributed by atoms with Crippen molar-refractivity contribution in [1.82, 2.24) is 0 Å². The van der Waals surface area contributed by atoms with E-state index in [1.165, 1.54) is 12.1 Å². The number of ether oxygens (including phenoxy) is 1. The van der Waals surface area contributed by atoms with Crippen LogP contribution in [0.4, 0.5) is 0 Å². The van der Waals surface area contributed by atoms with Crippen LogP contribution in [0.3, 0.4) is 0 Å². The highest BCUT2D eigenvalue weighted by Gasteiger charge is 2.33. The number of rotatable bonds is 3. The molecule has 122 valence electrons. The summed E-state index contributed by atoms with van der Waals surface area (Å²) in [4.78, 5) is 12.3. The molecule has 1 aromatic carbocycles. The molecule has 0 unspecified atom stereocenters. The molecule has 2 N–H and O–H groups in total. The molecular formula is C18H26O4. The van der Waals surface area contributed by atoms with Gasteiger partial charge in [-0.25, -0.2) is 4.79 Å². The minimum atomic E-state index is -0.668. The van der Waals surface area contributed by atoms with E-state index in [9.17, 15) is 15.0 Å². The largest absolute Gasteiger partial charge is 0.507 e. The zero-order chi connectivity index (χ0) is 17.3. The first-order chi connectivity index (χ1) is 9.91. The van der Waals surface area contributed by atoms with Gasteiger partial charge >= 0.3 is 5.97 Å². The van der Waals surface area contributed by atoms with E-state index in [2.05, 4.69) is 6.58 Å². The molecule has 0 aliphatic carbocycles. The van der Waals surface area contributed by atoms with Gasteiger partial charge in [-0.2, -0.15) is 0 Å². The summed E-state index contributed by atoms with van der Waals surface area (Å²) in [6.45, 7) is 15.0. The molecule has 0 aliphatic heterocycles. The Morgan fingerprint density at radius 2 is 1.73 bits per heavy atom. The third-order valence-corrected chi connectivity index (χ3v) is 3.37. The molecule has 0 aromatic heterocycles. The van der Waals surface area contributed by atoms with E-state index in [0.29, 0.717) is 11.1 Å². The summed E-state index contributed by atoms with van der Waals surface area (Å²) in [6, 6.07) is 1.44. The predicted molar refractivity (Wildman–Crippen MR) is 87.7 cm³/mol. The molecule has 22 heavy (non-hydrogen) atoms. The maximum Gasteiger partial charge on any atom is 0.342 e. The third kappa shape index (κ3) is 3.62. The van der Waals surface area contributed by atoms with Gasteiger partial charge in [0, 0.05) is 11.1 Å². The van der Waals surface area contributed by atoms with E-state index in [-0.39, 0.29) is 29.1 Å². The summed E-state index contributed by atoms with van der Waals surface area (Å²) >= 11 is 0.